The molecule has 2 heterocycles. The van der Waals surface area contributed by atoms with Crippen LogP contribution in [0.2, 0.25) is 0 Å². The summed E-state index contributed by atoms with van der Waals surface area (Å²) in [5.41, 5.74) is 0.256. The number of aromatic nitrogens is 2. The molecule has 0 N–H and O–H groups in total. The van der Waals surface area contributed by atoms with E-state index in [2.05, 4.69) is 14.6 Å². The van der Waals surface area contributed by atoms with E-state index in [0.29, 0.717) is 6.61 Å². The maximum absolute atomic E-state index is 11.7. The highest BCUT2D eigenvalue weighted by Crippen LogP contribution is 2.24. The van der Waals surface area contributed by atoms with Gasteiger partial charge in [-0.1, -0.05) is 0 Å². The molecule has 0 radical (unpaired) electrons. The minimum Gasteiger partial charge on any atom is -0.464 e. The van der Waals surface area contributed by atoms with Crippen molar-refractivity contribution in [3.05, 3.63) is 17.5 Å². The average molecular weight is 268 g/mol. The average Bonchev–Trinajstić information content (AvgIpc) is 2.91. The quantitative estimate of drug-likeness (QED) is 0.765. The van der Waals surface area contributed by atoms with Gasteiger partial charge in [0.1, 0.15) is 5.69 Å². The van der Waals surface area contributed by atoms with E-state index in [1.807, 2.05) is 0 Å². The molecule has 104 valence electrons. The smallest absolute Gasteiger partial charge is 0.358 e. The molecule has 1 aromatic rings. The second kappa shape index (κ2) is 5.83. The van der Waals surface area contributed by atoms with Gasteiger partial charge in [-0.05, 0) is 19.3 Å². The number of esters is 2. The molecule has 7 heteroatoms. The van der Waals surface area contributed by atoms with E-state index in [4.69, 9.17) is 4.74 Å². The monoisotopic (exact) mass is 268 g/mol. The summed E-state index contributed by atoms with van der Waals surface area (Å²) in [6, 6.07) is 1.36. The van der Waals surface area contributed by atoms with Crippen molar-refractivity contribution in [2.75, 3.05) is 20.8 Å². The zero-order valence-corrected chi connectivity index (χ0v) is 10.9. The molecule has 1 aliphatic heterocycles. The van der Waals surface area contributed by atoms with E-state index in [9.17, 15) is 9.59 Å². The van der Waals surface area contributed by atoms with Gasteiger partial charge in [-0.15, -0.1) is 0 Å². The molecule has 1 fully saturated rings. The summed E-state index contributed by atoms with van der Waals surface area (Å²) in [5, 5.41) is 4.09. The molecule has 1 aromatic heterocycles. The standard InChI is InChI=1S/C12H16N2O5/c1-17-11(15)8-7-9(12(16)18-2)14(13-8)10-5-3-4-6-19-10/h7,10H,3-6H2,1-2H3. The van der Waals surface area contributed by atoms with Gasteiger partial charge in [-0.25, -0.2) is 14.3 Å². The lowest BCUT2D eigenvalue weighted by atomic mass is 10.2. The molecule has 0 bridgehead atoms. The van der Waals surface area contributed by atoms with Crippen molar-refractivity contribution in [3.63, 3.8) is 0 Å². The predicted molar refractivity (Wildman–Crippen MR) is 63.7 cm³/mol. The van der Waals surface area contributed by atoms with Gasteiger partial charge < -0.3 is 14.2 Å². The molecule has 0 saturated carbocycles. The van der Waals surface area contributed by atoms with Gasteiger partial charge in [-0.3, -0.25) is 0 Å². The van der Waals surface area contributed by atoms with Gasteiger partial charge in [0.25, 0.3) is 0 Å². The van der Waals surface area contributed by atoms with Crippen molar-refractivity contribution in [1.29, 1.82) is 0 Å². The Hall–Kier alpha value is -1.89. The lowest BCUT2D eigenvalue weighted by Gasteiger charge is -2.23. The van der Waals surface area contributed by atoms with Gasteiger partial charge in [0.2, 0.25) is 0 Å². The van der Waals surface area contributed by atoms with Crippen molar-refractivity contribution >= 4 is 11.9 Å². The van der Waals surface area contributed by atoms with Crippen LogP contribution in [-0.4, -0.2) is 42.5 Å². The Balaban J connectivity index is 2.35. The Morgan fingerprint density at radius 2 is 2.05 bits per heavy atom. The Morgan fingerprint density at radius 3 is 2.63 bits per heavy atom. The number of rotatable bonds is 3. The van der Waals surface area contributed by atoms with E-state index in [1.165, 1.54) is 25.0 Å². The molecule has 1 unspecified atom stereocenters. The third-order valence-electron chi connectivity index (χ3n) is 2.95. The van der Waals surface area contributed by atoms with Gasteiger partial charge in [0, 0.05) is 12.7 Å². The normalized spacial score (nSPS) is 18.9. The van der Waals surface area contributed by atoms with Crippen LogP contribution in [0.15, 0.2) is 6.07 Å². The summed E-state index contributed by atoms with van der Waals surface area (Å²) in [7, 11) is 2.54. The van der Waals surface area contributed by atoms with E-state index < -0.39 is 11.9 Å². The number of ether oxygens (including phenoxy) is 3. The second-order valence-electron chi connectivity index (χ2n) is 4.16. The maximum atomic E-state index is 11.7. The van der Waals surface area contributed by atoms with Gasteiger partial charge in [-0.2, -0.15) is 5.10 Å². The van der Waals surface area contributed by atoms with Crippen molar-refractivity contribution in [1.82, 2.24) is 9.78 Å². The Morgan fingerprint density at radius 1 is 1.32 bits per heavy atom. The molecule has 0 amide bonds. The summed E-state index contributed by atoms with van der Waals surface area (Å²) < 4.78 is 16.3. The van der Waals surface area contributed by atoms with Gasteiger partial charge in [0.05, 0.1) is 14.2 Å². The number of carbonyl (C=O) groups excluding carboxylic acids is 2. The summed E-state index contributed by atoms with van der Waals surface area (Å²) in [5.74, 6) is -1.16. The predicted octanol–water partition coefficient (Wildman–Crippen LogP) is 1.16. The first kappa shape index (κ1) is 13.5. The number of carbonyl (C=O) groups is 2. The summed E-state index contributed by atoms with van der Waals surface area (Å²) in [4.78, 5) is 23.2. The van der Waals surface area contributed by atoms with Crippen LogP contribution in [0.1, 0.15) is 46.5 Å². The number of hydrogen-bond acceptors (Lipinski definition) is 6. The molecule has 19 heavy (non-hydrogen) atoms. The van der Waals surface area contributed by atoms with Gasteiger partial charge >= 0.3 is 11.9 Å². The highest BCUT2D eigenvalue weighted by Gasteiger charge is 2.26. The fraction of sp³-hybridized carbons (Fsp3) is 0.583. The first-order valence-electron chi connectivity index (χ1n) is 6.05. The van der Waals surface area contributed by atoms with Crippen LogP contribution >= 0.6 is 0 Å². The molecular formula is C12H16N2O5. The lowest BCUT2D eigenvalue weighted by molar-refractivity contribution is -0.0417. The third kappa shape index (κ3) is 2.76. The zero-order chi connectivity index (χ0) is 13.8. The molecule has 1 saturated heterocycles. The first-order valence-corrected chi connectivity index (χ1v) is 6.05. The van der Waals surface area contributed by atoms with E-state index in [0.717, 1.165) is 19.3 Å². The van der Waals surface area contributed by atoms with Gasteiger partial charge in [0.15, 0.2) is 11.9 Å². The summed E-state index contributed by atoms with van der Waals surface area (Å²) in [6.45, 7) is 0.610. The maximum Gasteiger partial charge on any atom is 0.358 e. The first-order chi connectivity index (χ1) is 9.17. The molecule has 0 aromatic carbocycles. The Bertz CT molecular complexity index is 476. The largest absolute Gasteiger partial charge is 0.464 e. The fourth-order valence-electron chi connectivity index (χ4n) is 1.99. The molecule has 1 aliphatic rings. The van der Waals surface area contributed by atoms with Crippen LogP contribution in [0.3, 0.4) is 0 Å². The molecule has 1 atom stereocenters. The van der Waals surface area contributed by atoms with E-state index in [-0.39, 0.29) is 17.6 Å². The molecule has 0 aliphatic carbocycles. The topological polar surface area (TPSA) is 79.7 Å². The number of nitrogens with zero attached hydrogens (tertiary/aromatic N) is 2. The molecule has 0 spiro atoms. The van der Waals surface area contributed by atoms with Crippen molar-refractivity contribution in [3.8, 4) is 0 Å². The van der Waals surface area contributed by atoms with Crippen LogP contribution in [0.5, 0.6) is 0 Å². The Labute approximate surface area is 110 Å². The molecule has 2 rings (SSSR count). The van der Waals surface area contributed by atoms with Crippen LogP contribution in [0.25, 0.3) is 0 Å². The van der Waals surface area contributed by atoms with Crippen molar-refractivity contribution in [2.45, 2.75) is 25.5 Å². The second-order valence-corrected chi connectivity index (χ2v) is 4.16. The fourth-order valence-corrected chi connectivity index (χ4v) is 1.99. The van der Waals surface area contributed by atoms with Crippen LogP contribution in [0.4, 0.5) is 0 Å². The van der Waals surface area contributed by atoms with Crippen LogP contribution in [-0.2, 0) is 14.2 Å². The Kier molecular flexibility index (Phi) is 4.16. The zero-order valence-electron chi connectivity index (χ0n) is 10.9. The van der Waals surface area contributed by atoms with Crippen LogP contribution in [0, 0.1) is 0 Å². The van der Waals surface area contributed by atoms with E-state index >= 15 is 0 Å². The molecule has 7 nitrogen and oxygen atoms in total. The summed E-state index contributed by atoms with van der Waals surface area (Å²) in [6.07, 6.45) is 2.36. The lowest BCUT2D eigenvalue weighted by Crippen LogP contribution is -2.23. The third-order valence-corrected chi connectivity index (χ3v) is 2.95. The van der Waals surface area contributed by atoms with Crippen LogP contribution < -0.4 is 0 Å². The van der Waals surface area contributed by atoms with Crippen molar-refractivity contribution < 1.29 is 23.8 Å². The number of methoxy groups -OCH3 is 2. The minimum atomic E-state index is -0.597. The highest BCUT2D eigenvalue weighted by atomic mass is 16.5. The molecular weight excluding hydrogens is 252 g/mol. The minimum absolute atomic E-state index is 0.0667. The summed E-state index contributed by atoms with van der Waals surface area (Å²) >= 11 is 0. The number of hydrogen-bond donors (Lipinski definition) is 0. The van der Waals surface area contributed by atoms with E-state index in [1.54, 1.807) is 0 Å². The SMILES string of the molecule is COC(=O)c1cc(C(=O)OC)n(C2CCCCO2)n1. The highest BCUT2D eigenvalue weighted by molar-refractivity contribution is 5.93. The van der Waals surface area contributed by atoms with Crippen molar-refractivity contribution in [2.24, 2.45) is 0 Å².